The molecule has 0 radical (unpaired) electrons. The van der Waals surface area contributed by atoms with Crippen LogP contribution in [0, 0.1) is 5.92 Å². The van der Waals surface area contributed by atoms with Crippen molar-refractivity contribution >= 4 is 17.8 Å². The highest BCUT2D eigenvalue weighted by molar-refractivity contribution is 6.02. The third-order valence-corrected chi connectivity index (χ3v) is 5.51. The van der Waals surface area contributed by atoms with Crippen LogP contribution >= 0.6 is 0 Å². The Balaban J connectivity index is 0.000000188. The predicted molar refractivity (Wildman–Crippen MR) is 111 cm³/mol. The van der Waals surface area contributed by atoms with E-state index in [0.29, 0.717) is 11.7 Å². The van der Waals surface area contributed by atoms with Crippen LogP contribution in [0.25, 0.3) is 0 Å². The summed E-state index contributed by atoms with van der Waals surface area (Å²) in [5.41, 5.74) is 0.142. The van der Waals surface area contributed by atoms with Crippen molar-refractivity contribution in [2.45, 2.75) is 56.7 Å². The Hall–Kier alpha value is -3.25. The predicted octanol–water partition coefficient (Wildman–Crippen LogP) is 3.70. The summed E-state index contributed by atoms with van der Waals surface area (Å²) in [6.45, 7) is -1.47. The molecule has 10 nitrogen and oxygen atoms in total. The minimum absolute atomic E-state index is 0.0526. The first-order valence-electron chi connectivity index (χ1n) is 10.6. The maximum absolute atomic E-state index is 12.0. The Bertz CT molecular complexity index is 927. The molecule has 3 aliphatic rings. The zero-order chi connectivity index (χ0) is 24.1. The van der Waals surface area contributed by atoms with Crippen molar-refractivity contribution in [3.63, 3.8) is 0 Å². The second-order valence-corrected chi connectivity index (χ2v) is 8.28. The summed E-state index contributed by atoms with van der Waals surface area (Å²) in [5.74, 6) is 0.234. The second-order valence-electron chi connectivity index (χ2n) is 8.28. The smallest absolute Gasteiger partial charge is 0.422 e. The van der Waals surface area contributed by atoms with Gasteiger partial charge in [0.05, 0.1) is 6.20 Å². The van der Waals surface area contributed by atoms with Crippen LogP contribution < -0.4 is 15.4 Å². The van der Waals surface area contributed by atoms with Crippen molar-refractivity contribution in [3.05, 3.63) is 24.0 Å². The average Bonchev–Trinajstić information content (AvgIpc) is 3.25. The van der Waals surface area contributed by atoms with Crippen LogP contribution in [-0.2, 0) is 7.05 Å². The number of rotatable bonds is 5. The number of anilines is 1. The number of nitrogens with one attached hydrogen (secondary N) is 3. The fourth-order valence-electron chi connectivity index (χ4n) is 3.39. The third kappa shape index (κ3) is 7.68. The van der Waals surface area contributed by atoms with E-state index in [1.165, 1.54) is 51.4 Å². The number of halogens is 3. The fourth-order valence-corrected chi connectivity index (χ4v) is 3.39. The molecule has 5 rings (SSSR count). The van der Waals surface area contributed by atoms with E-state index in [1.54, 1.807) is 0 Å². The summed E-state index contributed by atoms with van der Waals surface area (Å²) in [6, 6.07) is 2.65. The number of aryl methyl sites for hydroxylation is 1. The number of aromatic amines is 1. The molecule has 33 heavy (non-hydrogen) atoms. The quantitative estimate of drug-likeness (QED) is 0.524. The number of carbonyl (C=O) groups is 2. The molecule has 0 spiro atoms. The van der Waals surface area contributed by atoms with Crippen LogP contribution in [-0.4, -0.2) is 55.4 Å². The first kappa shape index (κ1) is 24.4. The number of alkyl halides is 3. The van der Waals surface area contributed by atoms with Crippen molar-refractivity contribution in [2.24, 2.45) is 13.0 Å². The number of hydrogen-bond acceptors (Lipinski definition) is 5. The van der Waals surface area contributed by atoms with Crippen molar-refractivity contribution < 1.29 is 32.6 Å². The Kier molecular flexibility index (Phi) is 7.49. The molecule has 0 unspecified atom stereocenters. The van der Waals surface area contributed by atoms with Crippen LogP contribution in [0.5, 0.6) is 5.88 Å². The lowest BCUT2D eigenvalue weighted by Crippen LogP contribution is -2.28. The van der Waals surface area contributed by atoms with Gasteiger partial charge in [-0.25, -0.2) is 4.79 Å². The lowest BCUT2D eigenvalue weighted by molar-refractivity contribution is -0.154. The van der Waals surface area contributed by atoms with E-state index in [1.807, 2.05) is 0 Å². The van der Waals surface area contributed by atoms with Gasteiger partial charge in [0.25, 0.3) is 5.91 Å². The van der Waals surface area contributed by atoms with Gasteiger partial charge in [-0.3, -0.25) is 14.6 Å². The molecule has 13 heteroatoms. The lowest BCUT2D eigenvalue weighted by atomic mass is 10.4. The monoisotopic (exact) mass is 472 g/mol. The van der Waals surface area contributed by atoms with Gasteiger partial charge in [-0.2, -0.15) is 18.3 Å². The Labute approximate surface area is 187 Å². The summed E-state index contributed by atoms with van der Waals surface area (Å²) in [5, 5.41) is 23.0. The first-order valence-corrected chi connectivity index (χ1v) is 10.6. The van der Waals surface area contributed by atoms with Gasteiger partial charge in [0.15, 0.2) is 6.61 Å². The molecule has 2 aromatic rings. The van der Waals surface area contributed by atoms with E-state index in [4.69, 9.17) is 5.11 Å². The Morgan fingerprint density at radius 3 is 2.30 bits per heavy atom. The third-order valence-electron chi connectivity index (χ3n) is 5.51. The van der Waals surface area contributed by atoms with E-state index < -0.39 is 24.8 Å². The number of carbonyl (C=O) groups excluding carboxylic acids is 1. The number of amides is 2. The molecule has 0 saturated heterocycles. The van der Waals surface area contributed by atoms with Gasteiger partial charge in [-0.1, -0.05) is 32.1 Å². The van der Waals surface area contributed by atoms with E-state index in [9.17, 15) is 22.8 Å². The molecule has 2 amide bonds. The van der Waals surface area contributed by atoms with Gasteiger partial charge >= 0.3 is 12.3 Å². The minimum atomic E-state index is -4.46. The van der Waals surface area contributed by atoms with Gasteiger partial charge in [0.2, 0.25) is 5.88 Å². The average molecular weight is 472 g/mol. The highest BCUT2D eigenvalue weighted by atomic mass is 19.4. The first-order chi connectivity index (χ1) is 15.6. The summed E-state index contributed by atoms with van der Waals surface area (Å²) < 4.78 is 41.6. The van der Waals surface area contributed by atoms with Gasteiger partial charge in [0, 0.05) is 24.7 Å². The van der Waals surface area contributed by atoms with Crippen LogP contribution in [0.15, 0.2) is 18.3 Å². The SMILES string of the molecule is C1CCCC1.Cn1nc(OCC(F)(F)F)cc1C(=O)Nc1ccn[nH]1.O=C(O)NC12CC1C2. The molecule has 0 atom stereocenters. The highest BCUT2D eigenvalue weighted by Gasteiger charge is 2.70. The number of hydrogen-bond donors (Lipinski definition) is 4. The number of carboxylic acid groups (broad SMARTS) is 1. The Morgan fingerprint density at radius 2 is 1.88 bits per heavy atom. The molecule has 0 aliphatic heterocycles. The summed E-state index contributed by atoms with van der Waals surface area (Å²) in [6.07, 6.45) is 5.77. The highest BCUT2D eigenvalue weighted by Crippen LogP contribution is 2.66. The molecule has 0 bridgehead atoms. The zero-order valence-electron chi connectivity index (χ0n) is 18.1. The maximum atomic E-state index is 12.0. The van der Waals surface area contributed by atoms with Crippen LogP contribution in [0.4, 0.5) is 23.8 Å². The molecule has 3 fully saturated rings. The standard InChI is InChI=1S/C10H10F3N5O2.C5H7NO2.C5H10/c1-18-6(9(19)15-7-2-3-14-16-7)4-8(17-18)20-5-10(11,12)13;7-4(8)6-5-1-3(5)2-5;1-2-4-5-3-1/h2-4H,5H2,1H3,(H2,14,15,16,19);3,6H,1-2H2,(H,7,8);1-5H2. The summed E-state index contributed by atoms with van der Waals surface area (Å²) in [7, 11) is 1.42. The number of H-pyrrole nitrogens is 1. The number of ether oxygens (including phenoxy) is 1. The van der Waals surface area contributed by atoms with E-state index >= 15 is 0 Å². The van der Waals surface area contributed by atoms with Gasteiger partial charge in [-0.05, 0) is 18.8 Å². The van der Waals surface area contributed by atoms with Crippen LogP contribution in [0.3, 0.4) is 0 Å². The van der Waals surface area contributed by atoms with Crippen molar-refractivity contribution in [2.75, 3.05) is 11.9 Å². The van der Waals surface area contributed by atoms with E-state index in [0.717, 1.165) is 23.6 Å². The number of aromatic nitrogens is 4. The zero-order valence-corrected chi connectivity index (χ0v) is 18.1. The molecule has 0 aromatic carbocycles. The molecular formula is C20H27F3N6O4. The molecule has 2 aromatic heterocycles. The number of nitrogens with zero attached hydrogens (tertiary/aromatic N) is 3. The molecule has 182 valence electrons. The largest absolute Gasteiger partial charge is 0.467 e. The minimum Gasteiger partial charge on any atom is -0.467 e. The van der Waals surface area contributed by atoms with Crippen molar-refractivity contribution in [1.82, 2.24) is 25.3 Å². The topological polar surface area (TPSA) is 134 Å². The number of fused-ring (bicyclic) bond motifs is 1. The summed E-state index contributed by atoms with van der Waals surface area (Å²) >= 11 is 0. The lowest BCUT2D eigenvalue weighted by Gasteiger charge is -2.05. The van der Waals surface area contributed by atoms with Crippen molar-refractivity contribution in [1.29, 1.82) is 0 Å². The van der Waals surface area contributed by atoms with Gasteiger partial charge in [0.1, 0.15) is 11.5 Å². The normalized spacial score (nSPS) is 22.0. The molecule has 3 saturated carbocycles. The Morgan fingerprint density at radius 1 is 1.27 bits per heavy atom. The van der Waals surface area contributed by atoms with E-state index in [-0.39, 0.29) is 17.1 Å². The van der Waals surface area contributed by atoms with Crippen LogP contribution in [0.2, 0.25) is 0 Å². The fraction of sp³-hybridized carbons (Fsp3) is 0.600. The molecule has 2 heterocycles. The maximum Gasteiger partial charge on any atom is 0.422 e. The van der Waals surface area contributed by atoms with E-state index in [2.05, 4.69) is 30.7 Å². The molecule has 4 N–H and O–H groups in total. The summed E-state index contributed by atoms with van der Waals surface area (Å²) in [4.78, 5) is 21.8. The van der Waals surface area contributed by atoms with Crippen molar-refractivity contribution in [3.8, 4) is 5.88 Å². The second kappa shape index (κ2) is 10.1. The molecular weight excluding hydrogens is 445 g/mol. The van der Waals surface area contributed by atoms with Crippen LogP contribution in [0.1, 0.15) is 55.4 Å². The van der Waals surface area contributed by atoms with Gasteiger partial charge < -0.3 is 20.5 Å². The molecule has 3 aliphatic carbocycles. The van der Waals surface area contributed by atoms with Gasteiger partial charge in [-0.15, -0.1) is 5.10 Å².